The number of amides is 2. The molecule has 1 saturated carbocycles. The van der Waals surface area contributed by atoms with Gasteiger partial charge in [0.15, 0.2) is 6.61 Å². The third kappa shape index (κ3) is 7.11. The molecule has 32 heavy (non-hydrogen) atoms. The van der Waals surface area contributed by atoms with Crippen LogP contribution in [0.15, 0.2) is 48.5 Å². The van der Waals surface area contributed by atoms with Crippen molar-refractivity contribution in [1.29, 1.82) is 0 Å². The Morgan fingerprint density at radius 2 is 1.66 bits per heavy atom. The van der Waals surface area contributed by atoms with E-state index in [1.54, 1.807) is 55.6 Å². The van der Waals surface area contributed by atoms with Crippen molar-refractivity contribution in [1.82, 2.24) is 0 Å². The lowest BCUT2D eigenvalue weighted by molar-refractivity contribution is -0.147. The van der Waals surface area contributed by atoms with E-state index in [9.17, 15) is 14.4 Å². The second kappa shape index (κ2) is 11.9. The van der Waals surface area contributed by atoms with Crippen molar-refractivity contribution in [3.05, 3.63) is 54.1 Å². The van der Waals surface area contributed by atoms with Crippen LogP contribution in [0, 0.1) is 5.92 Å². The van der Waals surface area contributed by atoms with E-state index in [4.69, 9.17) is 9.47 Å². The summed E-state index contributed by atoms with van der Waals surface area (Å²) in [6, 6.07) is 13.6. The number of benzene rings is 2. The van der Waals surface area contributed by atoms with Crippen LogP contribution >= 0.6 is 0 Å². The normalized spacial score (nSPS) is 13.8. The molecule has 2 N–H and O–H groups in total. The number of esters is 1. The molecule has 0 unspecified atom stereocenters. The van der Waals surface area contributed by atoms with Gasteiger partial charge < -0.3 is 20.1 Å². The predicted octanol–water partition coefficient (Wildman–Crippen LogP) is 4.79. The summed E-state index contributed by atoms with van der Waals surface area (Å²) in [5.41, 5.74) is 1.26. The lowest BCUT2D eigenvalue weighted by atomic mass is 9.86. The fraction of sp³-hybridized carbons (Fsp3) is 0.400. The highest BCUT2D eigenvalue weighted by molar-refractivity contribution is 6.10. The minimum atomic E-state index is -0.485. The fourth-order valence-corrected chi connectivity index (χ4v) is 3.87. The van der Waals surface area contributed by atoms with Crippen molar-refractivity contribution >= 4 is 29.2 Å². The molecule has 0 spiro atoms. The van der Waals surface area contributed by atoms with Crippen molar-refractivity contribution in [2.45, 2.75) is 44.9 Å². The van der Waals surface area contributed by atoms with Crippen molar-refractivity contribution in [2.24, 2.45) is 5.92 Å². The Morgan fingerprint density at radius 3 is 2.38 bits per heavy atom. The van der Waals surface area contributed by atoms with Crippen LogP contribution in [0.4, 0.5) is 11.4 Å². The third-order valence-electron chi connectivity index (χ3n) is 5.64. The first kappa shape index (κ1) is 23.3. The molecule has 0 heterocycles. The van der Waals surface area contributed by atoms with Gasteiger partial charge in [-0.2, -0.15) is 0 Å². The second-order valence-corrected chi connectivity index (χ2v) is 7.98. The SMILES string of the molecule is COc1ccc(NC(=O)c2ccccc2NC(=O)COC(=O)CCC2CCCCC2)cc1. The van der Waals surface area contributed by atoms with Gasteiger partial charge in [-0.1, -0.05) is 44.2 Å². The van der Waals surface area contributed by atoms with Crippen LogP contribution in [0.3, 0.4) is 0 Å². The maximum absolute atomic E-state index is 12.7. The molecule has 2 aromatic rings. The molecule has 0 aromatic heterocycles. The first-order chi connectivity index (χ1) is 15.5. The van der Waals surface area contributed by atoms with Gasteiger partial charge in [-0.3, -0.25) is 14.4 Å². The Balaban J connectivity index is 1.49. The summed E-state index contributed by atoms with van der Waals surface area (Å²) < 4.78 is 10.2. The molecule has 170 valence electrons. The number of methoxy groups -OCH3 is 1. The Bertz CT molecular complexity index is 920. The predicted molar refractivity (Wildman–Crippen MR) is 123 cm³/mol. The van der Waals surface area contributed by atoms with Crippen molar-refractivity contribution < 1.29 is 23.9 Å². The van der Waals surface area contributed by atoms with Crippen LogP contribution in [-0.4, -0.2) is 31.5 Å². The molecule has 0 radical (unpaired) electrons. The lowest BCUT2D eigenvalue weighted by Crippen LogP contribution is -2.23. The summed E-state index contributed by atoms with van der Waals surface area (Å²) in [6.07, 6.45) is 7.22. The van der Waals surface area contributed by atoms with E-state index in [0.29, 0.717) is 35.0 Å². The zero-order chi connectivity index (χ0) is 22.8. The molecule has 2 aromatic carbocycles. The van der Waals surface area contributed by atoms with E-state index in [0.717, 1.165) is 6.42 Å². The van der Waals surface area contributed by atoms with Gasteiger partial charge in [-0.15, -0.1) is 0 Å². The van der Waals surface area contributed by atoms with Crippen LogP contribution in [-0.2, 0) is 14.3 Å². The highest BCUT2D eigenvalue weighted by Gasteiger charge is 2.17. The number of carbonyl (C=O) groups is 3. The maximum atomic E-state index is 12.7. The first-order valence-electron chi connectivity index (χ1n) is 11.0. The summed E-state index contributed by atoms with van der Waals surface area (Å²) in [4.78, 5) is 37.0. The minimum absolute atomic E-state index is 0.306. The molecule has 2 amide bonds. The molecule has 1 aliphatic rings. The smallest absolute Gasteiger partial charge is 0.306 e. The Kier molecular flexibility index (Phi) is 8.66. The van der Waals surface area contributed by atoms with E-state index in [1.165, 1.54) is 32.1 Å². The van der Waals surface area contributed by atoms with Crippen molar-refractivity contribution in [3.63, 3.8) is 0 Å². The average Bonchev–Trinajstić information content (AvgIpc) is 2.83. The van der Waals surface area contributed by atoms with Gasteiger partial charge in [0.1, 0.15) is 5.75 Å². The van der Waals surface area contributed by atoms with Crippen LogP contribution in [0.1, 0.15) is 55.3 Å². The Morgan fingerprint density at radius 1 is 0.938 bits per heavy atom. The highest BCUT2D eigenvalue weighted by Crippen LogP contribution is 2.27. The fourth-order valence-electron chi connectivity index (χ4n) is 3.87. The Labute approximate surface area is 188 Å². The number of hydrogen-bond donors (Lipinski definition) is 2. The van der Waals surface area contributed by atoms with E-state index < -0.39 is 5.91 Å². The van der Waals surface area contributed by atoms with Gasteiger partial charge >= 0.3 is 5.97 Å². The lowest BCUT2D eigenvalue weighted by Gasteiger charge is -2.20. The summed E-state index contributed by atoms with van der Waals surface area (Å²) in [5, 5.41) is 5.45. The molecule has 0 bridgehead atoms. The molecule has 0 atom stereocenters. The summed E-state index contributed by atoms with van der Waals surface area (Å²) in [7, 11) is 1.57. The average molecular weight is 439 g/mol. The van der Waals surface area contributed by atoms with Gasteiger partial charge in [0.05, 0.1) is 18.4 Å². The molecular formula is C25H30N2O5. The van der Waals surface area contributed by atoms with Gasteiger partial charge in [0, 0.05) is 12.1 Å². The number of carbonyl (C=O) groups excluding carboxylic acids is 3. The van der Waals surface area contributed by atoms with Crippen LogP contribution < -0.4 is 15.4 Å². The van der Waals surface area contributed by atoms with Crippen molar-refractivity contribution in [2.75, 3.05) is 24.4 Å². The molecule has 1 aliphatic carbocycles. The largest absolute Gasteiger partial charge is 0.497 e. The first-order valence-corrected chi connectivity index (χ1v) is 11.0. The van der Waals surface area contributed by atoms with E-state index in [2.05, 4.69) is 10.6 Å². The quantitative estimate of drug-likeness (QED) is 0.549. The van der Waals surface area contributed by atoms with Crippen LogP contribution in [0.2, 0.25) is 0 Å². The van der Waals surface area contributed by atoms with Crippen LogP contribution in [0.5, 0.6) is 5.75 Å². The monoisotopic (exact) mass is 438 g/mol. The number of para-hydroxylation sites is 1. The van der Waals surface area contributed by atoms with E-state index >= 15 is 0 Å². The molecule has 7 heteroatoms. The topological polar surface area (TPSA) is 93.7 Å². The molecule has 3 rings (SSSR count). The van der Waals surface area contributed by atoms with Gasteiger partial charge in [0.2, 0.25) is 0 Å². The second-order valence-electron chi connectivity index (χ2n) is 7.98. The zero-order valence-corrected chi connectivity index (χ0v) is 18.4. The Hall–Kier alpha value is -3.35. The zero-order valence-electron chi connectivity index (χ0n) is 18.4. The highest BCUT2D eigenvalue weighted by atomic mass is 16.5. The van der Waals surface area contributed by atoms with E-state index in [1.807, 2.05) is 0 Å². The standard InChI is InChI=1S/C25H30N2O5/c1-31-20-14-12-19(13-15-20)26-25(30)21-9-5-6-10-22(21)27-23(28)17-32-24(29)16-11-18-7-3-2-4-8-18/h5-6,9-10,12-15,18H,2-4,7-8,11,16-17H2,1H3,(H,26,30)(H,27,28). The van der Waals surface area contributed by atoms with Gasteiger partial charge in [0.25, 0.3) is 11.8 Å². The van der Waals surface area contributed by atoms with Crippen molar-refractivity contribution in [3.8, 4) is 5.75 Å². The number of ether oxygens (including phenoxy) is 2. The van der Waals surface area contributed by atoms with Gasteiger partial charge in [-0.05, 0) is 48.7 Å². The third-order valence-corrected chi connectivity index (χ3v) is 5.64. The number of rotatable bonds is 9. The number of nitrogens with one attached hydrogen (secondary N) is 2. The van der Waals surface area contributed by atoms with Crippen LogP contribution in [0.25, 0.3) is 0 Å². The number of hydrogen-bond acceptors (Lipinski definition) is 5. The summed E-state index contributed by atoms with van der Waals surface area (Å²) >= 11 is 0. The molecule has 1 fully saturated rings. The number of anilines is 2. The maximum Gasteiger partial charge on any atom is 0.306 e. The minimum Gasteiger partial charge on any atom is -0.497 e. The summed E-state index contributed by atoms with van der Waals surface area (Å²) in [6.45, 7) is -0.377. The molecule has 7 nitrogen and oxygen atoms in total. The molecule has 0 aliphatic heterocycles. The van der Waals surface area contributed by atoms with Gasteiger partial charge in [-0.25, -0.2) is 0 Å². The summed E-state index contributed by atoms with van der Waals surface area (Å²) in [5.74, 6) is 0.0534. The van der Waals surface area contributed by atoms with E-state index in [-0.39, 0.29) is 18.5 Å². The molecule has 0 saturated heterocycles. The molecular weight excluding hydrogens is 408 g/mol.